The van der Waals surface area contributed by atoms with E-state index in [1.807, 2.05) is 42.7 Å². The first kappa shape index (κ1) is 21.5. The number of ether oxygens (including phenoxy) is 1. The van der Waals surface area contributed by atoms with E-state index in [0.717, 1.165) is 20.5 Å². The number of hydrogen-bond acceptors (Lipinski definition) is 5. The second-order valence-corrected chi connectivity index (χ2v) is 7.61. The van der Waals surface area contributed by atoms with Crippen molar-refractivity contribution in [3.8, 4) is 11.4 Å². The van der Waals surface area contributed by atoms with Crippen LogP contribution in [0.4, 0.5) is 5.69 Å². The Hall–Kier alpha value is -3.21. The van der Waals surface area contributed by atoms with Gasteiger partial charge in [0.25, 0.3) is 11.6 Å². The number of hydrazone groups is 1. The van der Waals surface area contributed by atoms with Crippen molar-refractivity contribution in [3.05, 3.63) is 85.2 Å². The van der Waals surface area contributed by atoms with Crippen LogP contribution in [0.15, 0.2) is 59.7 Å². The number of nitrogens with zero attached hydrogens (tertiary/aromatic N) is 3. The van der Waals surface area contributed by atoms with Crippen molar-refractivity contribution in [1.82, 2.24) is 9.99 Å². The van der Waals surface area contributed by atoms with Gasteiger partial charge in [-0.3, -0.25) is 14.9 Å². The number of rotatable bonds is 7. The van der Waals surface area contributed by atoms with E-state index in [1.165, 1.54) is 12.1 Å². The topological polar surface area (TPSA) is 98.8 Å². The van der Waals surface area contributed by atoms with Crippen LogP contribution >= 0.6 is 22.6 Å². The van der Waals surface area contributed by atoms with Crippen molar-refractivity contribution in [1.29, 1.82) is 0 Å². The summed E-state index contributed by atoms with van der Waals surface area (Å²) < 4.78 is 8.30. The maximum absolute atomic E-state index is 12.0. The molecule has 3 aromatic rings. The minimum absolute atomic E-state index is 0.0237. The molecule has 0 atom stereocenters. The largest absolute Gasteiger partial charge is 0.483 e. The molecule has 8 nitrogen and oxygen atoms in total. The fourth-order valence-electron chi connectivity index (χ4n) is 2.97. The first-order valence-electron chi connectivity index (χ1n) is 9.00. The molecule has 1 amide bonds. The highest BCUT2D eigenvalue weighted by molar-refractivity contribution is 14.1. The van der Waals surface area contributed by atoms with E-state index >= 15 is 0 Å². The number of aryl methyl sites for hydroxylation is 1. The van der Waals surface area contributed by atoms with Crippen LogP contribution in [-0.2, 0) is 4.79 Å². The summed E-state index contributed by atoms with van der Waals surface area (Å²) in [5.74, 6) is 0.260. The van der Waals surface area contributed by atoms with E-state index in [2.05, 4.69) is 33.1 Å². The molecule has 0 spiro atoms. The van der Waals surface area contributed by atoms with Crippen molar-refractivity contribution in [2.24, 2.45) is 5.10 Å². The van der Waals surface area contributed by atoms with Crippen LogP contribution in [0.2, 0.25) is 0 Å². The molecule has 0 saturated heterocycles. The van der Waals surface area contributed by atoms with E-state index in [4.69, 9.17) is 4.74 Å². The van der Waals surface area contributed by atoms with E-state index in [9.17, 15) is 14.9 Å². The Morgan fingerprint density at radius 1 is 1.23 bits per heavy atom. The van der Waals surface area contributed by atoms with Gasteiger partial charge in [-0.1, -0.05) is 18.2 Å². The number of carbonyl (C=O) groups is 1. The predicted molar refractivity (Wildman–Crippen MR) is 122 cm³/mol. The number of aromatic nitrogens is 1. The van der Waals surface area contributed by atoms with Crippen molar-refractivity contribution < 1.29 is 14.5 Å². The summed E-state index contributed by atoms with van der Waals surface area (Å²) in [6, 6.07) is 15.7. The third-order valence-corrected chi connectivity index (χ3v) is 5.25. The van der Waals surface area contributed by atoms with Crippen LogP contribution < -0.4 is 10.2 Å². The first-order valence-corrected chi connectivity index (χ1v) is 10.1. The summed E-state index contributed by atoms with van der Waals surface area (Å²) in [5.41, 5.74) is 5.69. The lowest BCUT2D eigenvalue weighted by molar-refractivity contribution is -0.384. The number of amides is 1. The number of nitro benzene ring substituents is 1. The molecule has 1 heterocycles. The molecular weight excluding hydrogens is 499 g/mol. The Labute approximate surface area is 186 Å². The average Bonchev–Trinajstić information content (AvgIpc) is 3.00. The molecule has 0 saturated carbocycles. The standard InChI is InChI=1S/C21H19IN4O4/c1-14-10-16(15(2)25(14)17-6-5-7-18(11-17)26(28)29)12-23-24-21(27)13-30-20-9-4-3-8-19(20)22/h3-12H,13H2,1-2H3,(H,24,27). The number of para-hydroxylation sites is 1. The molecule has 1 N–H and O–H groups in total. The molecule has 0 radical (unpaired) electrons. The van der Waals surface area contributed by atoms with Gasteiger partial charge in [0, 0.05) is 29.1 Å². The van der Waals surface area contributed by atoms with Gasteiger partial charge in [-0.2, -0.15) is 5.10 Å². The smallest absolute Gasteiger partial charge is 0.277 e. The fraction of sp³-hybridized carbons (Fsp3) is 0.143. The second kappa shape index (κ2) is 9.53. The number of hydrogen-bond donors (Lipinski definition) is 1. The van der Waals surface area contributed by atoms with E-state index in [1.54, 1.807) is 24.4 Å². The lowest BCUT2D eigenvalue weighted by Gasteiger charge is -2.09. The fourth-order valence-corrected chi connectivity index (χ4v) is 3.52. The van der Waals surface area contributed by atoms with Crippen LogP contribution in [0.3, 0.4) is 0 Å². The number of nitro groups is 1. The Bertz CT molecular complexity index is 1120. The molecule has 1 aromatic heterocycles. The Balaban J connectivity index is 1.67. The molecule has 30 heavy (non-hydrogen) atoms. The molecule has 0 aliphatic rings. The van der Waals surface area contributed by atoms with E-state index in [0.29, 0.717) is 11.4 Å². The number of carbonyl (C=O) groups excluding carboxylic acids is 1. The molecule has 0 bridgehead atoms. The summed E-state index contributed by atoms with van der Waals surface area (Å²) in [7, 11) is 0. The first-order chi connectivity index (χ1) is 14.4. The molecule has 3 rings (SSSR count). The van der Waals surface area contributed by atoms with Crippen LogP contribution in [0.1, 0.15) is 17.0 Å². The molecule has 0 fully saturated rings. The minimum atomic E-state index is -0.423. The second-order valence-electron chi connectivity index (χ2n) is 6.45. The summed E-state index contributed by atoms with van der Waals surface area (Å²) >= 11 is 2.14. The molecule has 154 valence electrons. The van der Waals surface area contributed by atoms with Crippen molar-refractivity contribution >= 4 is 40.4 Å². The zero-order valence-electron chi connectivity index (χ0n) is 16.3. The van der Waals surface area contributed by atoms with Gasteiger partial charge in [0.05, 0.1) is 20.4 Å². The van der Waals surface area contributed by atoms with Gasteiger partial charge >= 0.3 is 0 Å². The van der Waals surface area contributed by atoms with Gasteiger partial charge in [0.2, 0.25) is 0 Å². The maximum Gasteiger partial charge on any atom is 0.277 e. The number of non-ortho nitro benzene ring substituents is 1. The summed E-state index contributed by atoms with van der Waals surface area (Å²) in [6.07, 6.45) is 1.54. The summed E-state index contributed by atoms with van der Waals surface area (Å²) in [5, 5.41) is 15.1. The molecule has 0 aliphatic heterocycles. The van der Waals surface area contributed by atoms with Gasteiger partial charge in [-0.15, -0.1) is 0 Å². The highest BCUT2D eigenvalue weighted by atomic mass is 127. The molecule has 2 aromatic carbocycles. The highest BCUT2D eigenvalue weighted by Gasteiger charge is 2.13. The zero-order valence-corrected chi connectivity index (χ0v) is 18.5. The maximum atomic E-state index is 12.0. The molecular formula is C21H19IN4O4. The van der Waals surface area contributed by atoms with Gasteiger partial charge in [0.15, 0.2) is 6.61 Å². The highest BCUT2D eigenvalue weighted by Crippen LogP contribution is 2.23. The predicted octanol–water partition coefficient (Wildman–Crippen LogP) is 4.14. The van der Waals surface area contributed by atoms with Crippen LogP contribution in [0, 0.1) is 27.5 Å². The van der Waals surface area contributed by atoms with Gasteiger partial charge in [-0.25, -0.2) is 5.43 Å². The lowest BCUT2D eigenvalue weighted by atomic mass is 10.2. The van der Waals surface area contributed by atoms with Crippen LogP contribution in [0.25, 0.3) is 5.69 Å². The number of halogens is 1. The SMILES string of the molecule is Cc1cc(C=NNC(=O)COc2ccccc2I)c(C)n1-c1cccc([N+](=O)[O-])c1. The molecule has 9 heteroatoms. The van der Waals surface area contributed by atoms with Gasteiger partial charge in [-0.05, 0) is 60.7 Å². The number of nitrogens with one attached hydrogen (secondary N) is 1. The Morgan fingerprint density at radius 3 is 2.73 bits per heavy atom. The Kier molecular flexibility index (Phi) is 6.83. The zero-order chi connectivity index (χ0) is 21.7. The third-order valence-electron chi connectivity index (χ3n) is 4.36. The quantitative estimate of drug-likeness (QED) is 0.220. The average molecular weight is 518 g/mol. The normalized spacial score (nSPS) is 10.9. The van der Waals surface area contributed by atoms with Crippen molar-refractivity contribution in [3.63, 3.8) is 0 Å². The van der Waals surface area contributed by atoms with Crippen LogP contribution in [0.5, 0.6) is 5.75 Å². The van der Waals surface area contributed by atoms with Gasteiger partial charge in [0.1, 0.15) is 5.75 Å². The van der Waals surface area contributed by atoms with Crippen molar-refractivity contribution in [2.75, 3.05) is 6.61 Å². The van der Waals surface area contributed by atoms with Crippen LogP contribution in [-0.4, -0.2) is 28.2 Å². The van der Waals surface area contributed by atoms with Gasteiger partial charge < -0.3 is 9.30 Å². The Morgan fingerprint density at radius 2 is 2.00 bits per heavy atom. The minimum Gasteiger partial charge on any atom is -0.483 e. The molecule has 0 unspecified atom stereocenters. The third kappa shape index (κ3) is 5.03. The van der Waals surface area contributed by atoms with Crippen molar-refractivity contribution in [2.45, 2.75) is 13.8 Å². The summed E-state index contributed by atoms with van der Waals surface area (Å²) in [6.45, 7) is 3.64. The van der Waals surface area contributed by atoms with E-state index in [-0.39, 0.29) is 18.2 Å². The number of benzene rings is 2. The summed E-state index contributed by atoms with van der Waals surface area (Å²) in [4.78, 5) is 22.6. The van der Waals surface area contributed by atoms with E-state index < -0.39 is 4.92 Å². The molecule has 0 aliphatic carbocycles. The lowest BCUT2D eigenvalue weighted by Crippen LogP contribution is -2.24. The monoisotopic (exact) mass is 518 g/mol.